The summed E-state index contributed by atoms with van der Waals surface area (Å²) in [6.07, 6.45) is 0. The molecule has 102 valence electrons. The van der Waals surface area contributed by atoms with Gasteiger partial charge in [0.15, 0.2) is 0 Å². The zero-order valence-corrected chi connectivity index (χ0v) is 11.6. The van der Waals surface area contributed by atoms with Crippen LogP contribution < -0.4 is 0 Å². The fourth-order valence-electron chi connectivity index (χ4n) is 2.76. The van der Waals surface area contributed by atoms with Crippen LogP contribution in [0.4, 0.5) is 0 Å². The standard InChI is InChI=1S/C15H12N6/c1-8-11(6-16)15(12(7-17)9(2)18-8)10-3-4-13-14(5-10)20-21-19-13/h3-5,11,15H,1-2H3,(H,19,20,21). The van der Waals surface area contributed by atoms with Crippen molar-refractivity contribution in [2.45, 2.75) is 19.8 Å². The van der Waals surface area contributed by atoms with Crippen molar-refractivity contribution in [3.05, 3.63) is 35.0 Å². The predicted octanol–water partition coefficient (Wildman–Crippen LogP) is 2.45. The van der Waals surface area contributed by atoms with Crippen LogP contribution in [0.25, 0.3) is 11.0 Å². The third-order valence-electron chi connectivity index (χ3n) is 3.79. The first-order valence-electron chi connectivity index (χ1n) is 6.51. The summed E-state index contributed by atoms with van der Waals surface area (Å²) in [5.74, 6) is -0.744. The van der Waals surface area contributed by atoms with Crippen LogP contribution in [-0.2, 0) is 0 Å². The van der Waals surface area contributed by atoms with E-state index in [1.54, 1.807) is 6.92 Å². The average molecular weight is 276 g/mol. The fraction of sp³-hybridized carbons (Fsp3) is 0.267. The van der Waals surface area contributed by atoms with Gasteiger partial charge in [0, 0.05) is 11.6 Å². The summed E-state index contributed by atoms with van der Waals surface area (Å²) in [5.41, 5.74) is 4.31. The zero-order chi connectivity index (χ0) is 15.0. The summed E-state index contributed by atoms with van der Waals surface area (Å²) >= 11 is 0. The van der Waals surface area contributed by atoms with E-state index in [-0.39, 0.29) is 5.92 Å². The number of nitrogens with one attached hydrogen (secondary N) is 1. The van der Waals surface area contributed by atoms with Crippen molar-refractivity contribution in [3.63, 3.8) is 0 Å². The van der Waals surface area contributed by atoms with Crippen LogP contribution in [-0.4, -0.2) is 21.1 Å². The highest BCUT2D eigenvalue weighted by molar-refractivity contribution is 5.91. The van der Waals surface area contributed by atoms with E-state index in [1.807, 2.05) is 25.1 Å². The highest BCUT2D eigenvalue weighted by atomic mass is 15.3. The maximum absolute atomic E-state index is 9.47. The Bertz CT molecular complexity index is 858. The lowest BCUT2D eigenvalue weighted by Gasteiger charge is -2.26. The molecular formula is C15H12N6. The number of H-pyrrole nitrogens is 1. The third kappa shape index (κ3) is 1.98. The molecule has 1 aromatic heterocycles. The van der Waals surface area contributed by atoms with Crippen LogP contribution in [0.3, 0.4) is 0 Å². The molecule has 21 heavy (non-hydrogen) atoms. The third-order valence-corrected chi connectivity index (χ3v) is 3.79. The van der Waals surface area contributed by atoms with E-state index in [1.165, 1.54) is 0 Å². The number of nitrogens with zero attached hydrogens (tertiary/aromatic N) is 5. The summed E-state index contributed by atoms with van der Waals surface area (Å²) < 4.78 is 0. The van der Waals surface area contributed by atoms with E-state index >= 15 is 0 Å². The number of aromatic nitrogens is 3. The molecule has 1 aliphatic rings. The summed E-state index contributed by atoms with van der Waals surface area (Å²) in [5, 5.41) is 29.6. The first-order chi connectivity index (χ1) is 10.2. The number of benzene rings is 1. The Labute approximate surface area is 121 Å². The molecule has 2 atom stereocenters. The molecule has 6 heteroatoms. The van der Waals surface area contributed by atoms with E-state index in [0.29, 0.717) is 11.3 Å². The second kappa shape index (κ2) is 4.84. The van der Waals surface area contributed by atoms with Crippen LogP contribution in [0.5, 0.6) is 0 Å². The maximum Gasteiger partial charge on any atom is 0.113 e. The Hall–Kier alpha value is -2.99. The van der Waals surface area contributed by atoms with Crippen LogP contribution in [0.1, 0.15) is 25.3 Å². The fourth-order valence-corrected chi connectivity index (χ4v) is 2.76. The minimum atomic E-state index is -0.437. The number of hydrogen-bond donors (Lipinski definition) is 1. The molecule has 0 saturated carbocycles. The Kier molecular flexibility index (Phi) is 3.00. The smallest absolute Gasteiger partial charge is 0.113 e. The summed E-state index contributed by atoms with van der Waals surface area (Å²) in [6, 6.07) is 10.1. The van der Waals surface area contributed by atoms with Gasteiger partial charge in [0.05, 0.1) is 29.3 Å². The summed E-state index contributed by atoms with van der Waals surface area (Å²) in [7, 11) is 0. The minimum absolute atomic E-state index is 0.307. The van der Waals surface area contributed by atoms with Crippen molar-refractivity contribution in [3.8, 4) is 12.1 Å². The minimum Gasteiger partial charge on any atom is -0.260 e. The van der Waals surface area contributed by atoms with Crippen molar-refractivity contribution in [2.24, 2.45) is 10.9 Å². The lowest BCUT2D eigenvalue weighted by atomic mass is 9.77. The molecule has 0 spiro atoms. The lowest BCUT2D eigenvalue weighted by Crippen LogP contribution is -2.24. The molecule has 0 fully saturated rings. The van der Waals surface area contributed by atoms with Crippen molar-refractivity contribution in [1.82, 2.24) is 15.4 Å². The van der Waals surface area contributed by atoms with Crippen molar-refractivity contribution < 1.29 is 0 Å². The van der Waals surface area contributed by atoms with E-state index in [2.05, 4.69) is 32.5 Å². The van der Waals surface area contributed by atoms with Gasteiger partial charge in [-0.05, 0) is 31.5 Å². The monoisotopic (exact) mass is 276 g/mol. The summed E-state index contributed by atoms with van der Waals surface area (Å²) in [6.45, 7) is 3.63. The van der Waals surface area contributed by atoms with E-state index in [9.17, 15) is 10.5 Å². The van der Waals surface area contributed by atoms with Gasteiger partial charge in [-0.15, -0.1) is 0 Å². The van der Waals surface area contributed by atoms with Gasteiger partial charge in [-0.1, -0.05) is 6.07 Å². The van der Waals surface area contributed by atoms with Crippen LogP contribution in [0.15, 0.2) is 34.5 Å². The molecule has 0 bridgehead atoms. The summed E-state index contributed by atoms with van der Waals surface area (Å²) in [4.78, 5) is 4.33. The van der Waals surface area contributed by atoms with E-state index in [4.69, 9.17) is 0 Å². The zero-order valence-electron chi connectivity index (χ0n) is 11.6. The van der Waals surface area contributed by atoms with Gasteiger partial charge in [-0.2, -0.15) is 25.9 Å². The van der Waals surface area contributed by atoms with Crippen molar-refractivity contribution in [2.75, 3.05) is 0 Å². The SMILES string of the molecule is CC1=NC(C)=C(C#N)C(c2ccc3n[nH]nc3c2)C1C#N. The number of aromatic amines is 1. The number of rotatable bonds is 1. The maximum atomic E-state index is 9.47. The number of nitriles is 2. The average Bonchev–Trinajstić information content (AvgIpc) is 2.93. The molecule has 0 amide bonds. The highest BCUT2D eigenvalue weighted by Gasteiger charge is 2.34. The van der Waals surface area contributed by atoms with Gasteiger partial charge >= 0.3 is 0 Å². The number of fused-ring (bicyclic) bond motifs is 1. The Morgan fingerprint density at radius 3 is 2.62 bits per heavy atom. The first-order valence-corrected chi connectivity index (χ1v) is 6.51. The second-order valence-electron chi connectivity index (χ2n) is 5.02. The van der Waals surface area contributed by atoms with Gasteiger partial charge in [0.1, 0.15) is 11.0 Å². The van der Waals surface area contributed by atoms with Crippen LogP contribution in [0, 0.1) is 28.6 Å². The Morgan fingerprint density at radius 1 is 1.14 bits per heavy atom. The van der Waals surface area contributed by atoms with Crippen LogP contribution >= 0.6 is 0 Å². The first kappa shape index (κ1) is 13.0. The Balaban J connectivity index is 2.20. The molecule has 0 aliphatic carbocycles. The molecule has 1 aromatic carbocycles. The normalized spacial score (nSPS) is 21.8. The second-order valence-corrected chi connectivity index (χ2v) is 5.02. The molecule has 2 unspecified atom stereocenters. The van der Waals surface area contributed by atoms with Crippen LogP contribution in [0.2, 0.25) is 0 Å². The molecule has 0 saturated heterocycles. The van der Waals surface area contributed by atoms with E-state index < -0.39 is 5.92 Å². The molecule has 6 nitrogen and oxygen atoms in total. The van der Waals surface area contributed by atoms with Gasteiger partial charge < -0.3 is 0 Å². The van der Waals surface area contributed by atoms with Crippen molar-refractivity contribution >= 4 is 16.7 Å². The predicted molar refractivity (Wildman–Crippen MR) is 77.2 cm³/mol. The van der Waals surface area contributed by atoms with Gasteiger partial charge in [0.25, 0.3) is 0 Å². The molecule has 1 N–H and O–H groups in total. The number of aliphatic imine (C=N–C) groups is 1. The van der Waals surface area contributed by atoms with Gasteiger partial charge in [0.2, 0.25) is 0 Å². The topological polar surface area (TPSA) is 102 Å². The molecule has 2 heterocycles. The quantitative estimate of drug-likeness (QED) is 0.864. The Morgan fingerprint density at radius 2 is 1.90 bits per heavy atom. The van der Waals surface area contributed by atoms with Crippen molar-refractivity contribution in [1.29, 1.82) is 10.5 Å². The largest absolute Gasteiger partial charge is 0.260 e. The molecule has 2 aromatic rings. The lowest BCUT2D eigenvalue weighted by molar-refractivity contribution is 0.704. The van der Waals surface area contributed by atoms with E-state index in [0.717, 1.165) is 22.3 Å². The molecule has 1 aliphatic heterocycles. The molecule has 0 radical (unpaired) electrons. The number of hydrogen-bond acceptors (Lipinski definition) is 5. The highest BCUT2D eigenvalue weighted by Crippen LogP contribution is 2.38. The van der Waals surface area contributed by atoms with Gasteiger partial charge in [-0.25, -0.2) is 0 Å². The van der Waals surface area contributed by atoms with Gasteiger partial charge in [-0.3, -0.25) is 4.99 Å². The molecular weight excluding hydrogens is 264 g/mol. The number of allylic oxidation sites excluding steroid dienone is 2. The molecule has 3 rings (SSSR count).